The number of rotatable bonds is 5. The van der Waals surface area contributed by atoms with Gasteiger partial charge in [0, 0.05) is 61.9 Å². The van der Waals surface area contributed by atoms with E-state index in [2.05, 4.69) is 46.5 Å². The van der Waals surface area contributed by atoms with Crippen LogP contribution in [0.4, 0.5) is 0 Å². The number of hydrogen-bond acceptors (Lipinski definition) is 5. The van der Waals surface area contributed by atoms with Crippen molar-refractivity contribution in [1.82, 2.24) is 14.4 Å². The van der Waals surface area contributed by atoms with Gasteiger partial charge in [0.15, 0.2) is 5.76 Å². The fourth-order valence-corrected chi connectivity index (χ4v) is 5.01. The summed E-state index contributed by atoms with van der Waals surface area (Å²) in [6.45, 7) is 12.5. The predicted molar refractivity (Wildman–Crippen MR) is 131 cm³/mol. The van der Waals surface area contributed by atoms with Gasteiger partial charge in [0.05, 0.1) is 11.1 Å². The number of ether oxygens (including phenoxy) is 1. The number of ketones is 1. The molecule has 0 amide bonds. The predicted octanol–water partition coefficient (Wildman–Crippen LogP) is 4.43. The lowest BCUT2D eigenvalue weighted by Crippen LogP contribution is -2.45. The molecule has 1 N–H and O–H groups in total. The first kappa shape index (κ1) is 21.7. The summed E-state index contributed by atoms with van der Waals surface area (Å²) in [6, 6.07) is 9.89. The monoisotopic (exact) mass is 445 g/mol. The van der Waals surface area contributed by atoms with E-state index in [0.29, 0.717) is 29.2 Å². The van der Waals surface area contributed by atoms with E-state index in [1.54, 1.807) is 6.07 Å². The number of para-hydroxylation sites is 1. The van der Waals surface area contributed by atoms with E-state index >= 15 is 0 Å². The van der Waals surface area contributed by atoms with Crippen molar-refractivity contribution < 1.29 is 14.6 Å². The van der Waals surface area contributed by atoms with Crippen LogP contribution in [0, 0.1) is 6.92 Å². The Balaban J connectivity index is 1.49. The van der Waals surface area contributed by atoms with Gasteiger partial charge < -0.3 is 19.3 Å². The molecule has 3 aromatic rings. The largest absolute Gasteiger partial charge is 0.507 e. The number of aromatic nitrogens is 1. The Kier molecular flexibility index (Phi) is 5.72. The zero-order valence-electron chi connectivity index (χ0n) is 19.6. The molecule has 2 aliphatic heterocycles. The Bertz CT molecular complexity index is 1250. The lowest BCUT2D eigenvalue weighted by atomic mass is 9.99. The van der Waals surface area contributed by atoms with E-state index in [1.165, 1.54) is 0 Å². The van der Waals surface area contributed by atoms with E-state index in [0.717, 1.165) is 61.3 Å². The van der Waals surface area contributed by atoms with Gasteiger partial charge in [-0.3, -0.25) is 9.69 Å². The van der Waals surface area contributed by atoms with Crippen molar-refractivity contribution in [2.45, 2.75) is 33.9 Å². The second-order valence-corrected chi connectivity index (χ2v) is 8.93. The number of fused-ring (bicyclic) bond motifs is 2. The molecule has 172 valence electrons. The van der Waals surface area contributed by atoms with Crippen molar-refractivity contribution in [3.8, 4) is 11.5 Å². The van der Waals surface area contributed by atoms with Gasteiger partial charge >= 0.3 is 0 Å². The average Bonchev–Trinajstić information content (AvgIpc) is 3.35. The number of aryl methyl sites for hydroxylation is 2. The van der Waals surface area contributed by atoms with E-state index < -0.39 is 0 Å². The second-order valence-electron chi connectivity index (χ2n) is 8.93. The summed E-state index contributed by atoms with van der Waals surface area (Å²) in [6.07, 6.45) is 3.91. The van der Waals surface area contributed by atoms with Gasteiger partial charge in [-0.05, 0) is 44.2 Å². The molecular weight excluding hydrogens is 414 g/mol. The second kappa shape index (κ2) is 8.69. The highest BCUT2D eigenvalue weighted by Crippen LogP contribution is 2.42. The molecule has 6 nitrogen and oxygen atoms in total. The van der Waals surface area contributed by atoms with E-state index in [4.69, 9.17) is 4.74 Å². The number of nitrogens with zero attached hydrogens (tertiary/aromatic N) is 3. The van der Waals surface area contributed by atoms with Crippen LogP contribution in [0.1, 0.15) is 40.9 Å². The lowest BCUT2D eigenvalue weighted by molar-refractivity contribution is 0.101. The van der Waals surface area contributed by atoms with Gasteiger partial charge in [-0.25, -0.2) is 0 Å². The van der Waals surface area contributed by atoms with Crippen LogP contribution >= 0.6 is 0 Å². The Morgan fingerprint density at radius 2 is 1.79 bits per heavy atom. The number of carbonyl (C=O) groups is 1. The standard InChI is InChI=1S/C27H31N3O3/c1-4-28-10-12-29(13-11-28)17-21-23(31)14-18(3)25-26(32)24(33-27(21)25)15-19-16-30(5-2)22-9-7-6-8-20(19)22/h6-9,14-16,31H,4-5,10-13,17H2,1-3H3/b24-15+. The number of allylic oxidation sites excluding steroid dienone is 1. The van der Waals surface area contributed by atoms with Gasteiger partial charge in [-0.1, -0.05) is 25.1 Å². The normalized spacial score (nSPS) is 18.3. The third-order valence-corrected chi connectivity index (χ3v) is 6.96. The summed E-state index contributed by atoms with van der Waals surface area (Å²) < 4.78 is 8.37. The Hall–Kier alpha value is -3.09. The topological polar surface area (TPSA) is 57.9 Å². The SMILES string of the molecule is CCN1CCN(Cc2c(O)cc(C)c3c2O/C(=C/c2cn(CC)c4ccccc24)C3=O)CC1. The van der Waals surface area contributed by atoms with Crippen molar-refractivity contribution in [2.24, 2.45) is 0 Å². The molecule has 1 fully saturated rings. The summed E-state index contributed by atoms with van der Waals surface area (Å²) in [5.41, 5.74) is 4.11. The van der Waals surface area contributed by atoms with Crippen molar-refractivity contribution in [2.75, 3.05) is 32.7 Å². The summed E-state index contributed by atoms with van der Waals surface area (Å²) in [4.78, 5) is 18.1. The fraction of sp³-hybridized carbons (Fsp3) is 0.370. The molecule has 33 heavy (non-hydrogen) atoms. The minimum atomic E-state index is -0.118. The van der Waals surface area contributed by atoms with Gasteiger partial charge in [-0.15, -0.1) is 0 Å². The maximum Gasteiger partial charge on any atom is 0.232 e. The number of phenols is 1. The summed E-state index contributed by atoms with van der Waals surface area (Å²) in [5, 5.41) is 11.9. The number of aromatic hydroxyl groups is 1. The molecule has 0 radical (unpaired) electrons. The van der Waals surface area contributed by atoms with Crippen LogP contribution in [0.15, 0.2) is 42.3 Å². The van der Waals surface area contributed by atoms with Gasteiger partial charge in [0.25, 0.3) is 0 Å². The molecule has 0 spiro atoms. The van der Waals surface area contributed by atoms with Crippen LogP contribution in [-0.4, -0.2) is 58.0 Å². The highest BCUT2D eigenvalue weighted by atomic mass is 16.5. The average molecular weight is 446 g/mol. The van der Waals surface area contributed by atoms with E-state index in [1.807, 2.05) is 25.1 Å². The number of benzene rings is 2. The summed E-state index contributed by atoms with van der Waals surface area (Å²) in [7, 11) is 0. The highest BCUT2D eigenvalue weighted by molar-refractivity contribution is 6.16. The molecule has 0 saturated carbocycles. The molecule has 3 heterocycles. The highest BCUT2D eigenvalue weighted by Gasteiger charge is 2.34. The van der Waals surface area contributed by atoms with Crippen LogP contribution in [0.25, 0.3) is 17.0 Å². The zero-order valence-corrected chi connectivity index (χ0v) is 19.6. The number of likely N-dealkylation sites (N-methyl/N-ethyl adjacent to an activating group) is 1. The van der Waals surface area contributed by atoms with Crippen LogP contribution in [0.3, 0.4) is 0 Å². The maximum absolute atomic E-state index is 13.4. The molecule has 1 saturated heterocycles. The van der Waals surface area contributed by atoms with Crippen molar-refractivity contribution >= 4 is 22.8 Å². The minimum Gasteiger partial charge on any atom is -0.507 e. The molecule has 2 aromatic carbocycles. The fourth-order valence-electron chi connectivity index (χ4n) is 5.01. The van der Waals surface area contributed by atoms with Crippen LogP contribution in [-0.2, 0) is 13.1 Å². The number of hydrogen-bond donors (Lipinski definition) is 1. The molecular formula is C27H31N3O3. The van der Waals surface area contributed by atoms with Crippen molar-refractivity contribution in [3.05, 3.63) is 64.5 Å². The Morgan fingerprint density at radius 1 is 1.06 bits per heavy atom. The lowest BCUT2D eigenvalue weighted by Gasteiger charge is -2.34. The van der Waals surface area contributed by atoms with Crippen molar-refractivity contribution in [3.63, 3.8) is 0 Å². The number of phenolic OH excluding ortho intramolecular Hbond substituents is 1. The first-order chi connectivity index (χ1) is 16.0. The molecule has 6 heteroatoms. The molecule has 5 rings (SSSR count). The Morgan fingerprint density at radius 3 is 2.52 bits per heavy atom. The third-order valence-electron chi connectivity index (χ3n) is 6.96. The number of carbonyl (C=O) groups excluding carboxylic acids is 1. The molecule has 2 aliphatic rings. The van der Waals surface area contributed by atoms with E-state index in [9.17, 15) is 9.90 Å². The van der Waals surface area contributed by atoms with Gasteiger partial charge in [0.1, 0.15) is 11.5 Å². The number of Topliss-reactive ketones (excluding diaryl/α,β-unsaturated/α-hetero) is 1. The van der Waals surface area contributed by atoms with E-state index in [-0.39, 0.29) is 11.5 Å². The summed E-state index contributed by atoms with van der Waals surface area (Å²) in [5.74, 6) is 0.907. The molecule has 0 unspecified atom stereocenters. The minimum absolute atomic E-state index is 0.118. The number of piperazine rings is 1. The smallest absolute Gasteiger partial charge is 0.232 e. The molecule has 0 atom stereocenters. The molecule has 1 aromatic heterocycles. The quantitative estimate of drug-likeness (QED) is 0.589. The zero-order chi connectivity index (χ0) is 23.1. The van der Waals surface area contributed by atoms with Crippen LogP contribution in [0.2, 0.25) is 0 Å². The molecule has 0 aliphatic carbocycles. The Labute approximate surface area is 194 Å². The first-order valence-electron chi connectivity index (χ1n) is 11.8. The maximum atomic E-state index is 13.4. The first-order valence-corrected chi connectivity index (χ1v) is 11.8. The molecule has 0 bridgehead atoms. The van der Waals surface area contributed by atoms with Crippen LogP contribution in [0.5, 0.6) is 11.5 Å². The van der Waals surface area contributed by atoms with Crippen LogP contribution < -0.4 is 4.74 Å². The summed E-state index contributed by atoms with van der Waals surface area (Å²) >= 11 is 0. The van der Waals surface area contributed by atoms with Gasteiger partial charge in [-0.2, -0.15) is 0 Å². The van der Waals surface area contributed by atoms with Crippen molar-refractivity contribution in [1.29, 1.82) is 0 Å². The van der Waals surface area contributed by atoms with Gasteiger partial charge in [0.2, 0.25) is 5.78 Å². The third kappa shape index (κ3) is 3.83.